The van der Waals surface area contributed by atoms with Gasteiger partial charge in [-0.05, 0) is 5.41 Å². The first kappa shape index (κ1) is 12.4. The predicted molar refractivity (Wildman–Crippen MR) is 53.7 cm³/mol. The van der Waals surface area contributed by atoms with Gasteiger partial charge in [0.15, 0.2) is 23.3 Å². The van der Waals surface area contributed by atoms with Crippen LogP contribution in [-0.4, -0.2) is 6.61 Å². The summed E-state index contributed by atoms with van der Waals surface area (Å²) in [5, 5.41) is 0. The summed E-state index contributed by atoms with van der Waals surface area (Å²) >= 11 is 0. The van der Waals surface area contributed by atoms with Gasteiger partial charge in [-0.25, -0.2) is 17.6 Å². The van der Waals surface area contributed by atoms with E-state index in [9.17, 15) is 17.6 Å². The van der Waals surface area contributed by atoms with Gasteiger partial charge in [-0.15, -0.1) is 0 Å². The number of hydrogen-bond donors (Lipinski definition) is 0. The van der Waals surface area contributed by atoms with Crippen LogP contribution < -0.4 is 0 Å². The smallest absolute Gasteiger partial charge is 0.168 e. The highest BCUT2D eigenvalue weighted by molar-refractivity contribution is 5.36. The van der Waals surface area contributed by atoms with E-state index in [0.29, 0.717) is 0 Å². The van der Waals surface area contributed by atoms with Crippen molar-refractivity contribution in [3.05, 3.63) is 34.4 Å². The molecule has 1 aromatic carbocycles. The number of benzene rings is 1. The van der Waals surface area contributed by atoms with Crippen LogP contribution in [0.4, 0.5) is 17.6 Å². The van der Waals surface area contributed by atoms with Gasteiger partial charge in [0.1, 0.15) is 6.10 Å². The molecule has 1 aliphatic heterocycles. The first-order chi connectivity index (χ1) is 7.75. The fourth-order valence-electron chi connectivity index (χ4n) is 1.80. The van der Waals surface area contributed by atoms with Gasteiger partial charge in [-0.3, -0.25) is 0 Å². The lowest BCUT2D eigenvalue weighted by atomic mass is 9.85. The Hall–Kier alpha value is -1.10. The maximum Gasteiger partial charge on any atom is 0.168 e. The average molecular weight is 248 g/mol. The quantitative estimate of drug-likeness (QED) is 0.420. The van der Waals surface area contributed by atoms with Crippen molar-refractivity contribution in [1.29, 1.82) is 0 Å². The van der Waals surface area contributed by atoms with Crippen molar-refractivity contribution in [2.45, 2.75) is 32.3 Å². The van der Waals surface area contributed by atoms with Gasteiger partial charge in [-0.1, -0.05) is 20.8 Å². The molecule has 0 amide bonds. The summed E-state index contributed by atoms with van der Waals surface area (Å²) in [7, 11) is 0. The average Bonchev–Trinajstić information content (AvgIpc) is 2.97. The highest BCUT2D eigenvalue weighted by Gasteiger charge is 2.38. The number of rotatable bonds is 1. The van der Waals surface area contributed by atoms with Crippen molar-refractivity contribution in [2.24, 2.45) is 0 Å². The Labute approximate surface area is 96.4 Å². The van der Waals surface area contributed by atoms with Crippen molar-refractivity contribution >= 4 is 0 Å². The molecule has 94 valence electrons. The molecule has 5 heteroatoms. The van der Waals surface area contributed by atoms with E-state index in [1.807, 2.05) is 0 Å². The molecule has 1 fully saturated rings. The van der Waals surface area contributed by atoms with E-state index >= 15 is 0 Å². The second-order valence-corrected chi connectivity index (χ2v) is 5.12. The molecular weight excluding hydrogens is 236 g/mol. The SMILES string of the molecule is CC(C)(C)c1c(F)c(F)c(C2CO2)c(F)c1F. The van der Waals surface area contributed by atoms with Gasteiger partial charge in [0, 0.05) is 5.56 Å². The lowest BCUT2D eigenvalue weighted by Gasteiger charge is -2.22. The van der Waals surface area contributed by atoms with E-state index in [4.69, 9.17) is 0 Å². The normalized spacial score (nSPS) is 19.6. The molecule has 0 bridgehead atoms. The van der Waals surface area contributed by atoms with Crippen LogP contribution in [0.5, 0.6) is 0 Å². The van der Waals surface area contributed by atoms with E-state index in [1.54, 1.807) is 0 Å². The molecule has 0 aromatic heterocycles. The minimum absolute atomic E-state index is 0.0849. The Morgan fingerprint density at radius 2 is 1.35 bits per heavy atom. The predicted octanol–water partition coefficient (Wildman–Crippen LogP) is 3.61. The number of hydrogen-bond acceptors (Lipinski definition) is 1. The second kappa shape index (κ2) is 3.70. The van der Waals surface area contributed by atoms with Crippen LogP contribution >= 0.6 is 0 Å². The standard InChI is InChI=1S/C12H12F4O/c1-12(2,3)7-10(15)8(13)6(5-4-17-5)9(14)11(7)16/h5H,4H2,1-3H3. The van der Waals surface area contributed by atoms with Gasteiger partial charge in [0.25, 0.3) is 0 Å². The molecule has 1 aliphatic rings. The minimum atomic E-state index is -1.35. The Kier molecular flexibility index (Phi) is 2.69. The van der Waals surface area contributed by atoms with Crippen LogP contribution in [0.1, 0.15) is 38.0 Å². The van der Waals surface area contributed by atoms with Crippen molar-refractivity contribution in [3.63, 3.8) is 0 Å². The summed E-state index contributed by atoms with van der Waals surface area (Å²) in [6, 6.07) is 0. The zero-order valence-corrected chi connectivity index (χ0v) is 9.70. The summed E-state index contributed by atoms with van der Waals surface area (Å²) in [5.74, 6) is -5.36. The second-order valence-electron chi connectivity index (χ2n) is 5.12. The summed E-state index contributed by atoms with van der Waals surface area (Å²) in [5.41, 5.74) is -2.23. The van der Waals surface area contributed by atoms with Gasteiger partial charge < -0.3 is 4.74 Å². The molecule has 0 saturated carbocycles. The molecule has 1 heterocycles. The first-order valence-electron chi connectivity index (χ1n) is 5.23. The lowest BCUT2D eigenvalue weighted by Crippen LogP contribution is -2.20. The van der Waals surface area contributed by atoms with Crippen molar-refractivity contribution < 1.29 is 22.3 Å². The summed E-state index contributed by atoms with van der Waals surface area (Å²) in [6.07, 6.45) is -0.868. The Morgan fingerprint density at radius 3 is 1.65 bits per heavy atom. The number of halogens is 4. The zero-order valence-electron chi connectivity index (χ0n) is 9.70. The van der Waals surface area contributed by atoms with E-state index in [1.165, 1.54) is 20.8 Å². The molecular formula is C12H12F4O. The summed E-state index contributed by atoms with van der Waals surface area (Å²) in [6.45, 7) is 4.55. The molecule has 1 atom stereocenters. The molecule has 0 aliphatic carbocycles. The largest absolute Gasteiger partial charge is 0.368 e. The molecule has 17 heavy (non-hydrogen) atoms. The Balaban J connectivity index is 2.72. The topological polar surface area (TPSA) is 12.5 Å². The van der Waals surface area contributed by atoms with Gasteiger partial charge >= 0.3 is 0 Å². The third kappa shape index (κ3) is 1.92. The summed E-state index contributed by atoms with van der Waals surface area (Å²) in [4.78, 5) is 0. The molecule has 1 aromatic rings. The van der Waals surface area contributed by atoms with Crippen molar-refractivity contribution in [1.82, 2.24) is 0 Å². The molecule has 0 spiro atoms. The van der Waals surface area contributed by atoms with Crippen LogP contribution in [0, 0.1) is 23.3 Å². The highest BCUT2D eigenvalue weighted by atomic mass is 19.2. The van der Waals surface area contributed by atoms with E-state index < -0.39 is 45.9 Å². The van der Waals surface area contributed by atoms with E-state index in [0.717, 1.165) is 0 Å². The Morgan fingerprint density at radius 1 is 0.941 bits per heavy atom. The molecule has 0 N–H and O–H groups in total. The third-order valence-corrected chi connectivity index (χ3v) is 2.70. The van der Waals surface area contributed by atoms with Crippen molar-refractivity contribution in [2.75, 3.05) is 6.61 Å². The van der Waals surface area contributed by atoms with E-state index in [2.05, 4.69) is 4.74 Å². The van der Waals surface area contributed by atoms with Crippen LogP contribution in [0.25, 0.3) is 0 Å². The van der Waals surface area contributed by atoms with Crippen LogP contribution in [0.2, 0.25) is 0 Å². The zero-order chi connectivity index (χ0) is 13.0. The van der Waals surface area contributed by atoms with Crippen LogP contribution in [0.3, 0.4) is 0 Å². The van der Waals surface area contributed by atoms with Gasteiger partial charge in [0.05, 0.1) is 12.2 Å². The maximum atomic E-state index is 13.7. The van der Waals surface area contributed by atoms with Gasteiger partial charge in [0.2, 0.25) is 0 Å². The van der Waals surface area contributed by atoms with E-state index in [-0.39, 0.29) is 6.61 Å². The third-order valence-electron chi connectivity index (χ3n) is 2.70. The molecule has 2 rings (SSSR count). The highest BCUT2D eigenvalue weighted by Crippen LogP contribution is 2.39. The number of ether oxygens (including phenoxy) is 1. The lowest BCUT2D eigenvalue weighted by molar-refractivity contribution is 0.362. The molecule has 1 unspecified atom stereocenters. The molecule has 0 radical (unpaired) electrons. The van der Waals surface area contributed by atoms with Crippen LogP contribution in [0.15, 0.2) is 0 Å². The fourth-order valence-corrected chi connectivity index (χ4v) is 1.80. The first-order valence-corrected chi connectivity index (χ1v) is 5.23. The minimum Gasteiger partial charge on any atom is -0.368 e. The van der Waals surface area contributed by atoms with Crippen molar-refractivity contribution in [3.8, 4) is 0 Å². The molecule has 1 nitrogen and oxygen atoms in total. The van der Waals surface area contributed by atoms with Crippen LogP contribution in [-0.2, 0) is 10.2 Å². The summed E-state index contributed by atoms with van der Waals surface area (Å²) < 4.78 is 59.5. The molecule has 1 saturated heterocycles. The fraction of sp³-hybridized carbons (Fsp3) is 0.500. The maximum absolute atomic E-state index is 13.7. The van der Waals surface area contributed by atoms with Gasteiger partial charge in [-0.2, -0.15) is 0 Å². The number of epoxide rings is 1. The monoisotopic (exact) mass is 248 g/mol. The Bertz CT molecular complexity index is 443.